The fraction of sp³-hybridized carbons (Fsp3) is 0.417. The van der Waals surface area contributed by atoms with Gasteiger partial charge >= 0.3 is 0 Å². The van der Waals surface area contributed by atoms with Crippen LogP contribution in [0.3, 0.4) is 0 Å². The Kier molecular flexibility index (Phi) is 4.63. The standard InChI is InChI=1S/C12H16ClNO/c1-3-11(14(2)12(15)9-13)10-7-5-4-6-8-10/h4-8,11H,3,9H2,1-2H3. The first-order valence-electron chi connectivity index (χ1n) is 5.07. The first kappa shape index (κ1) is 12.1. The van der Waals surface area contributed by atoms with E-state index >= 15 is 0 Å². The number of rotatable bonds is 4. The first-order valence-corrected chi connectivity index (χ1v) is 5.60. The van der Waals surface area contributed by atoms with E-state index in [4.69, 9.17) is 11.6 Å². The summed E-state index contributed by atoms with van der Waals surface area (Å²) in [5.74, 6) is 0.00666. The molecule has 1 unspecified atom stereocenters. The van der Waals surface area contributed by atoms with Gasteiger partial charge in [0.1, 0.15) is 5.88 Å². The Morgan fingerprint density at radius 3 is 2.47 bits per heavy atom. The zero-order valence-corrected chi connectivity index (χ0v) is 9.87. The van der Waals surface area contributed by atoms with Crippen LogP contribution in [0.5, 0.6) is 0 Å². The van der Waals surface area contributed by atoms with Gasteiger partial charge in [-0.2, -0.15) is 0 Å². The molecule has 1 aromatic carbocycles. The maximum atomic E-state index is 11.5. The van der Waals surface area contributed by atoms with Crippen molar-refractivity contribution in [2.24, 2.45) is 0 Å². The molecule has 0 spiro atoms. The molecule has 0 aliphatic carbocycles. The SMILES string of the molecule is CCC(c1ccccc1)N(C)C(=O)CCl. The Morgan fingerprint density at radius 2 is 2.00 bits per heavy atom. The quantitative estimate of drug-likeness (QED) is 0.722. The summed E-state index contributed by atoms with van der Waals surface area (Å²) < 4.78 is 0. The third-order valence-electron chi connectivity index (χ3n) is 2.55. The smallest absolute Gasteiger partial charge is 0.237 e. The van der Waals surface area contributed by atoms with E-state index in [-0.39, 0.29) is 17.8 Å². The highest BCUT2D eigenvalue weighted by Crippen LogP contribution is 2.22. The Hall–Kier alpha value is -1.02. The molecule has 0 bridgehead atoms. The number of carbonyl (C=O) groups is 1. The van der Waals surface area contributed by atoms with E-state index in [1.54, 1.807) is 11.9 Å². The molecule has 0 aliphatic rings. The highest BCUT2D eigenvalue weighted by atomic mass is 35.5. The van der Waals surface area contributed by atoms with E-state index in [0.29, 0.717) is 0 Å². The molecule has 3 heteroatoms. The highest BCUT2D eigenvalue weighted by Gasteiger charge is 2.18. The second-order valence-electron chi connectivity index (χ2n) is 3.47. The minimum atomic E-state index is -0.0348. The van der Waals surface area contributed by atoms with Gasteiger partial charge in [0.2, 0.25) is 5.91 Å². The van der Waals surface area contributed by atoms with Crippen LogP contribution in [0.15, 0.2) is 30.3 Å². The Labute approximate surface area is 95.8 Å². The van der Waals surface area contributed by atoms with Crippen LogP contribution in [0.25, 0.3) is 0 Å². The molecular formula is C12H16ClNO. The van der Waals surface area contributed by atoms with Crippen molar-refractivity contribution in [2.45, 2.75) is 19.4 Å². The number of carbonyl (C=O) groups excluding carboxylic acids is 1. The predicted molar refractivity (Wildman–Crippen MR) is 63.0 cm³/mol. The predicted octanol–water partition coefficient (Wildman–Crippen LogP) is 2.83. The van der Waals surface area contributed by atoms with Crippen molar-refractivity contribution in [2.75, 3.05) is 12.9 Å². The maximum absolute atomic E-state index is 11.5. The van der Waals surface area contributed by atoms with E-state index in [1.165, 1.54) is 0 Å². The molecule has 15 heavy (non-hydrogen) atoms. The molecule has 0 radical (unpaired) electrons. The third kappa shape index (κ3) is 2.96. The molecule has 0 saturated carbocycles. The van der Waals surface area contributed by atoms with E-state index in [1.807, 2.05) is 30.3 Å². The summed E-state index contributed by atoms with van der Waals surface area (Å²) in [6, 6.07) is 10.1. The third-order valence-corrected chi connectivity index (χ3v) is 2.77. The van der Waals surface area contributed by atoms with Crippen molar-refractivity contribution in [1.82, 2.24) is 4.90 Å². The lowest BCUT2D eigenvalue weighted by atomic mass is 10.0. The minimum Gasteiger partial charge on any atom is -0.338 e. The second kappa shape index (κ2) is 5.76. The van der Waals surface area contributed by atoms with Crippen molar-refractivity contribution >= 4 is 17.5 Å². The summed E-state index contributed by atoms with van der Waals surface area (Å²) in [5, 5.41) is 0. The van der Waals surface area contributed by atoms with Gasteiger partial charge in [-0.05, 0) is 12.0 Å². The van der Waals surface area contributed by atoms with E-state index in [9.17, 15) is 4.79 Å². The molecule has 1 aromatic rings. The molecule has 0 fully saturated rings. The molecule has 1 amide bonds. The number of hydrogen-bond acceptors (Lipinski definition) is 1. The fourth-order valence-corrected chi connectivity index (χ4v) is 1.86. The number of halogens is 1. The van der Waals surface area contributed by atoms with Crippen LogP contribution < -0.4 is 0 Å². The highest BCUT2D eigenvalue weighted by molar-refractivity contribution is 6.27. The average Bonchev–Trinajstić information content (AvgIpc) is 2.30. The molecule has 1 rings (SSSR count). The van der Waals surface area contributed by atoms with Gasteiger partial charge in [-0.25, -0.2) is 0 Å². The van der Waals surface area contributed by atoms with Crippen LogP contribution in [0.1, 0.15) is 24.9 Å². The largest absolute Gasteiger partial charge is 0.338 e. The summed E-state index contributed by atoms with van der Waals surface area (Å²) >= 11 is 5.54. The lowest BCUT2D eigenvalue weighted by molar-refractivity contribution is -0.129. The zero-order valence-electron chi connectivity index (χ0n) is 9.11. The monoisotopic (exact) mass is 225 g/mol. The first-order chi connectivity index (χ1) is 7.20. The Morgan fingerprint density at radius 1 is 1.40 bits per heavy atom. The number of hydrogen-bond donors (Lipinski definition) is 0. The minimum absolute atomic E-state index is 0.0348. The molecule has 0 saturated heterocycles. The number of nitrogens with zero attached hydrogens (tertiary/aromatic N) is 1. The average molecular weight is 226 g/mol. The molecule has 0 aliphatic heterocycles. The van der Waals surface area contributed by atoms with Gasteiger partial charge in [-0.1, -0.05) is 37.3 Å². The Balaban J connectivity index is 2.85. The topological polar surface area (TPSA) is 20.3 Å². The van der Waals surface area contributed by atoms with Gasteiger partial charge in [-0.3, -0.25) is 4.79 Å². The van der Waals surface area contributed by atoms with Crippen molar-refractivity contribution in [3.63, 3.8) is 0 Å². The second-order valence-corrected chi connectivity index (χ2v) is 3.74. The maximum Gasteiger partial charge on any atom is 0.237 e. The van der Waals surface area contributed by atoms with Gasteiger partial charge < -0.3 is 4.90 Å². The van der Waals surface area contributed by atoms with Crippen molar-refractivity contribution in [1.29, 1.82) is 0 Å². The lowest BCUT2D eigenvalue weighted by Gasteiger charge is -2.27. The normalized spacial score (nSPS) is 12.2. The molecule has 0 N–H and O–H groups in total. The van der Waals surface area contributed by atoms with Gasteiger partial charge in [0.15, 0.2) is 0 Å². The summed E-state index contributed by atoms with van der Waals surface area (Å²) in [7, 11) is 1.80. The van der Waals surface area contributed by atoms with Crippen LogP contribution in [-0.4, -0.2) is 23.7 Å². The van der Waals surface area contributed by atoms with Gasteiger partial charge in [0, 0.05) is 7.05 Å². The molecule has 1 atom stereocenters. The molecular weight excluding hydrogens is 210 g/mol. The van der Waals surface area contributed by atoms with E-state index in [0.717, 1.165) is 12.0 Å². The summed E-state index contributed by atoms with van der Waals surface area (Å²) in [5.41, 5.74) is 1.15. The van der Waals surface area contributed by atoms with Gasteiger partial charge in [-0.15, -0.1) is 11.6 Å². The van der Waals surface area contributed by atoms with Crippen LogP contribution in [-0.2, 0) is 4.79 Å². The zero-order chi connectivity index (χ0) is 11.3. The molecule has 0 aromatic heterocycles. The molecule has 0 heterocycles. The van der Waals surface area contributed by atoms with Gasteiger partial charge in [0.05, 0.1) is 6.04 Å². The molecule has 2 nitrogen and oxygen atoms in total. The van der Waals surface area contributed by atoms with Crippen LogP contribution >= 0.6 is 11.6 Å². The Bertz CT molecular complexity index is 313. The van der Waals surface area contributed by atoms with Crippen molar-refractivity contribution in [3.05, 3.63) is 35.9 Å². The number of amides is 1. The van der Waals surface area contributed by atoms with E-state index in [2.05, 4.69) is 6.92 Å². The lowest BCUT2D eigenvalue weighted by Crippen LogP contribution is -2.31. The summed E-state index contributed by atoms with van der Waals surface area (Å²) in [6.07, 6.45) is 0.892. The number of alkyl halides is 1. The summed E-state index contributed by atoms with van der Waals surface area (Å²) in [6.45, 7) is 2.07. The summed E-state index contributed by atoms with van der Waals surface area (Å²) in [4.78, 5) is 13.2. The van der Waals surface area contributed by atoms with E-state index < -0.39 is 0 Å². The van der Waals surface area contributed by atoms with Crippen LogP contribution in [0.2, 0.25) is 0 Å². The van der Waals surface area contributed by atoms with Crippen molar-refractivity contribution < 1.29 is 4.79 Å². The fourth-order valence-electron chi connectivity index (χ4n) is 1.68. The van der Waals surface area contributed by atoms with Crippen LogP contribution in [0, 0.1) is 0 Å². The van der Waals surface area contributed by atoms with Crippen LogP contribution in [0.4, 0.5) is 0 Å². The van der Waals surface area contributed by atoms with Gasteiger partial charge in [0.25, 0.3) is 0 Å². The number of benzene rings is 1. The van der Waals surface area contributed by atoms with Crippen molar-refractivity contribution in [3.8, 4) is 0 Å². The molecule has 82 valence electrons.